The molecule has 0 aromatic rings. The fraction of sp³-hybridized carbons (Fsp3) is 0.875. The first kappa shape index (κ1) is 13.8. The average Bonchev–Trinajstić information content (AvgIpc) is 2.35. The number of carbonyl (C=O) groups is 1. The molecule has 0 bridgehead atoms. The summed E-state index contributed by atoms with van der Waals surface area (Å²) < 4.78 is 0.223. The summed E-state index contributed by atoms with van der Waals surface area (Å²) in [7, 11) is 0. The van der Waals surface area contributed by atoms with Crippen molar-refractivity contribution in [2.45, 2.75) is 46.6 Å². The number of carbonyl (C=O) groups excluding carboxylic acids is 1. The zero-order valence-corrected chi connectivity index (χ0v) is 16.8. The Morgan fingerprint density at radius 2 is 1.62 bits per heavy atom. The molecule has 6 aliphatic rings. The first-order chi connectivity index (χ1) is 9.71. The summed E-state index contributed by atoms with van der Waals surface area (Å²) in [6.45, 7) is 8.48. The van der Waals surface area contributed by atoms with Crippen LogP contribution in [-0.2, 0) is 4.79 Å². The van der Waals surface area contributed by atoms with E-state index in [0.29, 0.717) is 29.6 Å². The van der Waals surface area contributed by atoms with Crippen molar-refractivity contribution in [1.82, 2.24) is 4.90 Å². The lowest BCUT2D eigenvalue weighted by molar-refractivity contribution is -0.574. The Morgan fingerprint density at radius 1 is 1.14 bits per heavy atom. The van der Waals surface area contributed by atoms with Crippen molar-refractivity contribution in [2.75, 3.05) is 0 Å². The molecule has 0 spiro atoms. The van der Waals surface area contributed by atoms with Gasteiger partial charge in [-0.25, -0.2) is 0 Å². The molecule has 3 nitrogen and oxygen atoms in total. The summed E-state index contributed by atoms with van der Waals surface area (Å²) in [6, 6.07) is 3.14. The second-order valence-corrected chi connectivity index (χ2v) is 11.8. The Kier molecular flexibility index (Phi) is 2.08. The third-order valence-electron chi connectivity index (χ3n) is 7.56. The molecule has 1 amide bonds. The van der Waals surface area contributed by atoms with E-state index in [1.54, 1.807) is 0 Å². The molecule has 0 N–H and O–H groups in total. The predicted molar refractivity (Wildman–Crippen MR) is 95.1 cm³/mol. The van der Waals surface area contributed by atoms with Gasteiger partial charge in [0, 0.05) is 24.8 Å². The lowest BCUT2D eigenvalue weighted by Gasteiger charge is -3.14. The van der Waals surface area contributed by atoms with Crippen LogP contribution in [0.3, 0.4) is 0 Å². The molecule has 0 aromatic carbocycles. The van der Waals surface area contributed by atoms with E-state index in [1.807, 2.05) is 0 Å². The largest absolute Gasteiger partial charge is 0.337 e. The highest BCUT2D eigenvalue weighted by atomic mass is 127. The number of nitrogens with zero attached hydrogens (tertiary/aromatic N) is 2. The molecule has 8 atom stereocenters. The fourth-order valence-corrected chi connectivity index (χ4v) is 14.5. The molecule has 0 aliphatic heterocycles. The van der Waals surface area contributed by atoms with Gasteiger partial charge >= 0.3 is 0 Å². The van der Waals surface area contributed by atoms with E-state index >= 15 is 0 Å². The Hall–Kier alpha value is 0.420. The maximum Gasteiger partial charge on any atom is 0.232 e. The van der Waals surface area contributed by atoms with Gasteiger partial charge in [0.05, 0.1) is 16.9 Å². The standard InChI is InChI=1S/C16H18I2N2O/c1-6(2)20(7(3)4)12(21)14-8-9-13(5-19)10(8)16(14,18)11(13)15(9,14)17/h6-11H,1-4H3/t8?,9-,10-,11?,13?,14?,15-,16+/m1/s1. The molecule has 6 rings (SSSR count). The number of hydrogen-bond donors (Lipinski definition) is 0. The van der Waals surface area contributed by atoms with Crippen LogP contribution in [0.15, 0.2) is 0 Å². The summed E-state index contributed by atoms with van der Waals surface area (Å²) in [5, 5.41) is 9.60. The van der Waals surface area contributed by atoms with Gasteiger partial charge in [-0.3, -0.25) is 4.79 Å². The minimum atomic E-state index is -0.131. The van der Waals surface area contributed by atoms with E-state index < -0.39 is 0 Å². The Bertz CT molecular complexity index is 634. The molecule has 6 aliphatic carbocycles. The second kappa shape index (κ2) is 3.15. The minimum absolute atomic E-state index is 0.0183. The summed E-state index contributed by atoms with van der Waals surface area (Å²) in [5.41, 5.74) is -0.149. The van der Waals surface area contributed by atoms with Crippen LogP contribution < -0.4 is 0 Å². The van der Waals surface area contributed by atoms with Crippen LogP contribution in [0.25, 0.3) is 0 Å². The van der Waals surface area contributed by atoms with Gasteiger partial charge in [-0.15, -0.1) is 0 Å². The van der Waals surface area contributed by atoms with Crippen LogP contribution in [0.4, 0.5) is 0 Å². The van der Waals surface area contributed by atoms with Gasteiger partial charge in [0.25, 0.3) is 0 Å². The van der Waals surface area contributed by atoms with Crippen LogP contribution >= 0.6 is 45.2 Å². The van der Waals surface area contributed by atoms with E-state index in [1.165, 1.54) is 0 Å². The number of nitriles is 1. The van der Waals surface area contributed by atoms with Crippen LogP contribution in [0.1, 0.15) is 27.7 Å². The quantitative estimate of drug-likeness (QED) is 0.435. The molecule has 6 fully saturated rings. The maximum atomic E-state index is 13.4. The minimum Gasteiger partial charge on any atom is -0.337 e. The molecule has 0 radical (unpaired) electrons. The van der Waals surface area contributed by atoms with Gasteiger partial charge in [-0.05, 0) is 45.4 Å². The highest BCUT2D eigenvalue weighted by Crippen LogP contribution is 3.16. The molecule has 5 heteroatoms. The van der Waals surface area contributed by atoms with Gasteiger partial charge in [0.15, 0.2) is 0 Å². The first-order valence-corrected chi connectivity index (χ1v) is 9.99. The van der Waals surface area contributed by atoms with Gasteiger partial charge < -0.3 is 4.90 Å². The third kappa shape index (κ3) is 0.761. The van der Waals surface area contributed by atoms with E-state index in [-0.39, 0.29) is 29.8 Å². The van der Waals surface area contributed by atoms with E-state index in [9.17, 15) is 10.1 Å². The van der Waals surface area contributed by atoms with Gasteiger partial charge in [0.2, 0.25) is 5.91 Å². The lowest BCUT2D eigenvalue weighted by atomic mass is 8.92. The Balaban J connectivity index is 1.57. The topological polar surface area (TPSA) is 44.1 Å². The summed E-state index contributed by atoms with van der Waals surface area (Å²) >= 11 is 5.13. The molecule has 0 aromatic heterocycles. The van der Waals surface area contributed by atoms with Crippen LogP contribution in [0.2, 0.25) is 0 Å². The average molecular weight is 508 g/mol. The molecular weight excluding hydrogens is 490 g/mol. The van der Waals surface area contributed by atoms with Gasteiger partial charge in [0.1, 0.15) is 0 Å². The lowest BCUT2D eigenvalue weighted by Crippen LogP contribution is -3.22. The second-order valence-electron chi connectivity index (χ2n) is 8.20. The van der Waals surface area contributed by atoms with Crippen LogP contribution in [0, 0.1) is 45.8 Å². The van der Waals surface area contributed by atoms with Crippen molar-refractivity contribution in [3.63, 3.8) is 0 Å². The number of amides is 1. The monoisotopic (exact) mass is 508 g/mol. The zero-order valence-electron chi connectivity index (χ0n) is 12.5. The first-order valence-electron chi connectivity index (χ1n) is 7.83. The van der Waals surface area contributed by atoms with Gasteiger partial charge in [-0.1, -0.05) is 45.2 Å². The van der Waals surface area contributed by atoms with Crippen molar-refractivity contribution in [2.24, 2.45) is 34.5 Å². The number of rotatable bonds is 3. The Morgan fingerprint density at radius 3 is 1.95 bits per heavy atom. The van der Waals surface area contributed by atoms with Crippen molar-refractivity contribution in [3.8, 4) is 6.07 Å². The van der Waals surface area contributed by atoms with E-state index in [0.717, 1.165) is 0 Å². The molecule has 0 heterocycles. The number of halogens is 2. The Labute approximate surface area is 152 Å². The number of alkyl halides is 2. The fourth-order valence-electron chi connectivity index (χ4n) is 7.53. The zero-order chi connectivity index (χ0) is 15.3. The van der Waals surface area contributed by atoms with Crippen LogP contribution in [0.5, 0.6) is 0 Å². The van der Waals surface area contributed by atoms with Crippen molar-refractivity contribution in [3.05, 3.63) is 0 Å². The molecule has 21 heavy (non-hydrogen) atoms. The summed E-state index contributed by atoms with van der Waals surface area (Å²) in [4.78, 5) is 15.5. The smallest absolute Gasteiger partial charge is 0.232 e. The SMILES string of the molecule is CC(C)N(C(=O)C12C3[C@@H]4C5(C#N)C([C@@]41I)[C@]2(I)[C@H]35)C(C)C. The molecule has 6 saturated carbocycles. The van der Waals surface area contributed by atoms with Crippen LogP contribution in [-0.4, -0.2) is 29.7 Å². The molecule has 112 valence electrons. The van der Waals surface area contributed by atoms with Crippen molar-refractivity contribution >= 4 is 51.1 Å². The van der Waals surface area contributed by atoms with Crippen molar-refractivity contribution in [1.29, 1.82) is 5.26 Å². The molecule has 4 unspecified atom stereocenters. The van der Waals surface area contributed by atoms with Crippen molar-refractivity contribution < 1.29 is 4.79 Å². The molecular formula is C16H18I2N2O. The van der Waals surface area contributed by atoms with E-state index in [4.69, 9.17) is 0 Å². The number of hydrogen-bond acceptors (Lipinski definition) is 2. The summed E-state index contributed by atoms with van der Waals surface area (Å²) in [5.74, 6) is 2.42. The maximum absolute atomic E-state index is 13.4. The highest BCUT2D eigenvalue weighted by molar-refractivity contribution is 14.1. The van der Waals surface area contributed by atoms with E-state index in [2.05, 4.69) is 83.8 Å². The summed E-state index contributed by atoms with van der Waals surface area (Å²) in [6.07, 6.45) is 0. The molecule has 0 saturated heterocycles. The highest BCUT2D eigenvalue weighted by Gasteiger charge is 3.22. The third-order valence-corrected chi connectivity index (χ3v) is 11.8. The predicted octanol–water partition coefficient (Wildman–Crippen LogP) is 3.01. The normalized spacial score (nSPS) is 62.6. The van der Waals surface area contributed by atoms with Gasteiger partial charge in [-0.2, -0.15) is 5.26 Å².